The number of hydrogen-bond donors (Lipinski definition) is 1. The Bertz CT molecular complexity index is 871. The van der Waals surface area contributed by atoms with Crippen LogP contribution in [0.15, 0.2) is 0 Å². The summed E-state index contributed by atoms with van der Waals surface area (Å²) in [6.45, 7) is 7.11. The van der Waals surface area contributed by atoms with Gasteiger partial charge < -0.3 is 14.9 Å². The molecule has 4 aliphatic carbocycles. The lowest BCUT2D eigenvalue weighted by Gasteiger charge is -2.61. The fourth-order valence-electron chi connectivity index (χ4n) is 9.29. The van der Waals surface area contributed by atoms with E-state index in [0.717, 1.165) is 38.5 Å². The summed E-state index contributed by atoms with van der Waals surface area (Å²) in [5.41, 5.74) is -1.15. The Morgan fingerprint density at radius 3 is 2.26 bits per heavy atom. The lowest BCUT2D eigenvalue weighted by molar-refractivity contribution is -0.179. The van der Waals surface area contributed by atoms with Crippen LogP contribution in [0.3, 0.4) is 0 Å². The van der Waals surface area contributed by atoms with E-state index < -0.39 is 5.60 Å². The fourth-order valence-corrected chi connectivity index (χ4v) is 9.29. The number of nitrogens with zero attached hydrogens (tertiary/aromatic N) is 2. The molecule has 0 aromatic carbocycles. The van der Waals surface area contributed by atoms with Gasteiger partial charge in [-0.3, -0.25) is 14.4 Å². The van der Waals surface area contributed by atoms with Crippen molar-refractivity contribution in [3.8, 4) is 0 Å². The largest absolute Gasteiger partial charge is 0.380 e. The van der Waals surface area contributed by atoms with Crippen LogP contribution in [0.25, 0.3) is 0 Å². The summed E-state index contributed by atoms with van der Waals surface area (Å²) >= 11 is 0. The van der Waals surface area contributed by atoms with Crippen LogP contribution in [-0.2, 0) is 14.4 Å². The van der Waals surface area contributed by atoms with Crippen molar-refractivity contribution in [1.82, 2.24) is 9.80 Å². The molecule has 4 fully saturated rings. The number of carbonyl (C=O) groups is 3. The van der Waals surface area contributed by atoms with Gasteiger partial charge in [-0.15, -0.1) is 0 Å². The minimum Gasteiger partial charge on any atom is -0.380 e. The van der Waals surface area contributed by atoms with E-state index in [4.69, 9.17) is 0 Å². The quantitative estimate of drug-likeness (QED) is 0.631. The maximum atomic E-state index is 13.8. The van der Waals surface area contributed by atoms with Gasteiger partial charge in [0, 0.05) is 47.0 Å². The predicted octanol–water partition coefficient (Wildman–Crippen LogP) is 4.15. The van der Waals surface area contributed by atoms with E-state index in [9.17, 15) is 19.5 Å². The third-order valence-electron chi connectivity index (χ3n) is 11.4. The smallest absolute Gasteiger partial charge is 0.254 e. The molecule has 4 aliphatic rings. The minimum atomic E-state index is -1.33. The van der Waals surface area contributed by atoms with E-state index in [1.807, 2.05) is 14.1 Å². The van der Waals surface area contributed by atoms with Gasteiger partial charge in [0.05, 0.1) is 0 Å². The molecule has 6 heteroatoms. The predicted molar refractivity (Wildman–Crippen MR) is 136 cm³/mol. The van der Waals surface area contributed by atoms with Crippen molar-refractivity contribution in [2.24, 2.45) is 46.3 Å². The van der Waals surface area contributed by atoms with Crippen molar-refractivity contribution in [3.63, 3.8) is 0 Å². The van der Waals surface area contributed by atoms with Gasteiger partial charge in [-0.25, -0.2) is 0 Å². The zero-order valence-electron chi connectivity index (χ0n) is 23.1. The molecule has 0 radical (unpaired) electrons. The third kappa shape index (κ3) is 4.26. The number of aliphatic hydroxyl groups is 1. The molecule has 0 unspecified atom stereocenters. The zero-order chi connectivity index (χ0) is 25.9. The summed E-state index contributed by atoms with van der Waals surface area (Å²) in [4.78, 5) is 41.9. The summed E-state index contributed by atoms with van der Waals surface area (Å²) < 4.78 is 0. The molecule has 0 heterocycles. The summed E-state index contributed by atoms with van der Waals surface area (Å²) in [5.74, 6) is 2.39. The minimum absolute atomic E-state index is 0.0144. The third-order valence-corrected chi connectivity index (χ3v) is 11.4. The Hall–Kier alpha value is -1.43. The van der Waals surface area contributed by atoms with Crippen LogP contribution in [0.4, 0.5) is 0 Å². The van der Waals surface area contributed by atoms with Crippen LogP contribution >= 0.6 is 0 Å². The molecule has 0 saturated heterocycles. The van der Waals surface area contributed by atoms with Crippen molar-refractivity contribution < 1.29 is 19.5 Å². The molecule has 9 atom stereocenters. The molecule has 4 rings (SSSR count). The number of likely N-dealkylation sites (N-methyl/N-ethyl adjacent to an activating group) is 1. The maximum absolute atomic E-state index is 13.8. The van der Waals surface area contributed by atoms with Crippen molar-refractivity contribution in [2.75, 3.05) is 28.2 Å². The number of Topliss-reactive ketones (excluding diaryl/α,β-unsaturated/α-hetero) is 1. The Morgan fingerprint density at radius 2 is 1.63 bits per heavy atom. The fraction of sp³-hybridized carbons (Fsp3) is 0.897. The average Bonchev–Trinajstić information content (AvgIpc) is 3.15. The Kier molecular flexibility index (Phi) is 6.96. The van der Waals surface area contributed by atoms with Crippen LogP contribution in [0.1, 0.15) is 85.0 Å². The number of fused-ring (bicyclic) bond motifs is 5. The number of amides is 2. The van der Waals surface area contributed by atoms with Crippen LogP contribution < -0.4 is 0 Å². The van der Waals surface area contributed by atoms with Gasteiger partial charge in [0.25, 0.3) is 5.91 Å². The molecule has 4 saturated carbocycles. The van der Waals surface area contributed by atoms with Crippen molar-refractivity contribution in [2.45, 2.75) is 90.6 Å². The molecule has 0 aliphatic heterocycles. The lowest BCUT2D eigenvalue weighted by atomic mass is 9.43. The van der Waals surface area contributed by atoms with Gasteiger partial charge in [-0.05, 0) is 91.8 Å². The van der Waals surface area contributed by atoms with Gasteiger partial charge in [0.1, 0.15) is 11.4 Å². The summed E-state index contributed by atoms with van der Waals surface area (Å²) in [5, 5.41) is 11.2. The maximum Gasteiger partial charge on any atom is 0.254 e. The standard InChI is InChI=1S/C29H48N2O4/c1-18(8-11-24(33)30(4)5)20-9-10-21-25-22(12-13-28(20,21)3)27(2)14-15-29(35,26(34)31(6)7)17-19(27)16-23(25)32/h18-22,25,35H,8-17H2,1-7H3/t18-,19-,20-,21+,22+,25+,27+,28-,29-/m1/s1. The number of ketones is 1. The van der Waals surface area contributed by atoms with Crippen LogP contribution in [0, 0.1) is 46.3 Å². The molecule has 6 nitrogen and oxygen atoms in total. The summed E-state index contributed by atoms with van der Waals surface area (Å²) in [7, 11) is 7.05. The van der Waals surface area contributed by atoms with Gasteiger partial charge >= 0.3 is 0 Å². The van der Waals surface area contributed by atoms with Crippen LogP contribution in [0.2, 0.25) is 0 Å². The Labute approximate surface area is 212 Å². The Balaban J connectivity index is 1.52. The second-order valence-corrected chi connectivity index (χ2v) is 13.6. The van der Waals surface area contributed by atoms with Gasteiger partial charge in [0.15, 0.2) is 0 Å². The first-order valence-electron chi connectivity index (χ1n) is 13.9. The number of hydrogen-bond acceptors (Lipinski definition) is 4. The first-order chi connectivity index (χ1) is 16.2. The van der Waals surface area contributed by atoms with Crippen LogP contribution in [-0.4, -0.2) is 66.3 Å². The van der Waals surface area contributed by atoms with E-state index in [2.05, 4.69) is 20.8 Å². The normalized spacial score (nSPS) is 43.5. The first kappa shape index (κ1) is 26.6. The zero-order valence-corrected chi connectivity index (χ0v) is 23.1. The monoisotopic (exact) mass is 488 g/mol. The molecule has 0 spiro atoms. The van der Waals surface area contributed by atoms with E-state index in [-0.39, 0.29) is 34.5 Å². The van der Waals surface area contributed by atoms with Crippen LogP contribution in [0.5, 0.6) is 0 Å². The highest BCUT2D eigenvalue weighted by atomic mass is 16.3. The van der Waals surface area contributed by atoms with E-state index in [1.165, 1.54) is 4.90 Å². The molecule has 35 heavy (non-hydrogen) atoms. The highest BCUT2D eigenvalue weighted by molar-refractivity contribution is 5.86. The second kappa shape index (κ2) is 9.15. The molecular weight excluding hydrogens is 440 g/mol. The van der Waals surface area contributed by atoms with Gasteiger partial charge in [-0.1, -0.05) is 20.8 Å². The number of rotatable bonds is 5. The average molecular weight is 489 g/mol. The van der Waals surface area contributed by atoms with E-state index >= 15 is 0 Å². The van der Waals surface area contributed by atoms with Crippen molar-refractivity contribution in [1.29, 1.82) is 0 Å². The van der Waals surface area contributed by atoms with Crippen molar-refractivity contribution >= 4 is 17.6 Å². The highest BCUT2D eigenvalue weighted by Gasteiger charge is 2.64. The lowest BCUT2D eigenvalue weighted by Crippen LogP contribution is -2.61. The van der Waals surface area contributed by atoms with E-state index in [1.54, 1.807) is 19.0 Å². The summed E-state index contributed by atoms with van der Waals surface area (Å²) in [6, 6.07) is 0. The van der Waals surface area contributed by atoms with Crippen molar-refractivity contribution in [3.05, 3.63) is 0 Å². The van der Waals surface area contributed by atoms with Gasteiger partial charge in [0.2, 0.25) is 5.91 Å². The first-order valence-corrected chi connectivity index (χ1v) is 13.9. The Morgan fingerprint density at radius 1 is 0.971 bits per heavy atom. The molecule has 0 aromatic rings. The molecule has 0 aromatic heterocycles. The highest BCUT2D eigenvalue weighted by Crippen LogP contribution is 2.68. The molecule has 1 N–H and O–H groups in total. The topological polar surface area (TPSA) is 77.9 Å². The molecular formula is C29H48N2O4. The SMILES string of the molecule is C[C@H](CCC(=O)N(C)C)[C@H]1CC[C@H]2[C@@H]3C(=O)C[C@@H]4C[C@@](O)(C(=O)N(C)C)CC[C@]4(C)[C@H]3CC[C@]12C. The molecule has 2 amide bonds. The summed E-state index contributed by atoms with van der Waals surface area (Å²) in [6.07, 6.45) is 8.24. The number of carbonyl (C=O) groups excluding carboxylic acids is 3. The van der Waals surface area contributed by atoms with Gasteiger partial charge in [-0.2, -0.15) is 0 Å². The van der Waals surface area contributed by atoms with E-state index in [0.29, 0.717) is 55.1 Å². The molecule has 198 valence electrons. The molecule has 0 bridgehead atoms. The second-order valence-electron chi connectivity index (χ2n) is 13.6.